The van der Waals surface area contributed by atoms with Crippen molar-refractivity contribution in [1.82, 2.24) is 0 Å². The second-order valence-corrected chi connectivity index (χ2v) is 9.61. The van der Waals surface area contributed by atoms with E-state index in [1.54, 1.807) is 19.9 Å². The summed E-state index contributed by atoms with van der Waals surface area (Å²) < 4.78 is 40.1. The number of Topliss-reactive ketones (excluding diaryl/α,β-unsaturated/α-hetero) is 1. The molecule has 2 fully saturated rings. The summed E-state index contributed by atoms with van der Waals surface area (Å²) in [6.45, 7) is 3.60. The zero-order valence-electron chi connectivity index (χ0n) is 18.7. The molecule has 0 bridgehead atoms. The van der Waals surface area contributed by atoms with Crippen molar-refractivity contribution in [3.05, 3.63) is 35.0 Å². The van der Waals surface area contributed by atoms with E-state index in [1.165, 1.54) is 12.1 Å². The third-order valence-electron chi connectivity index (χ3n) is 6.09. The number of benzene rings is 1. The lowest BCUT2D eigenvalue weighted by atomic mass is 9.73. The molecule has 33 heavy (non-hydrogen) atoms. The van der Waals surface area contributed by atoms with Gasteiger partial charge in [0.1, 0.15) is 11.3 Å². The van der Waals surface area contributed by atoms with Gasteiger partial charge in [-0.25, -0.2) is 4.99 Å². The number of ketones is 1. The number of amides is 1. The molecule has 0 aromatic heterocycles. The molecule has 0 heterocycles. The topological polar surface area (TPSA) is 132 Å². The van der Waals surface area contributed by atoms with Crippen LogP contribution in [0.1, 0.15) is 62.7 Å². The van der Waals surface area contributed by atoms with Crippen LogP contribution in [-0.4, -0.2) is 40.8 Å². The first kappa shape index (κ1) is 24.8. The van der Waals surface area contributed by atoms with Crippen LogP contribution in [0, 0.1) is 5.41 Å². The number of nitrogens with two attached hydrogens (primary N) is 2. The predicted molar refractivity (Wildman–Crippen MR) is 118 cm³/mol. The second-order valence-electron chi connectivity index (χ2n) is 9.61. The van der Waals surface area contributed by atoms with Crippen molar-refractivity contribution in [3.63, 3.8) is 0 Å². The molecule has 0 aliphatic heterocycles. The number of halogens is 3. The number of carbonyl (C=O) groups is 2. The monoisotopic (exact) mass is 467 g/mol. The van der Waals surface area contributed by atoms with Crippen LogP contribution >= 0.6 is 0 Å². The van der Waals surface area contributed by atoms with Crippen LogP contribution in [0.3, 0.4) is 0 Å². The van der Waals surface area contributed by atoms with Gasteiger partial charge in [0.15, 0.2) is 11.5 Å². The number of aliphatic hydroxyl groups is 1. The number of hydrogen-bond donors (Lipinski definition) is 5. The zero-order chi connectivity index (χ0) is 24.6. The van der Waals surface area contributed by atoms with Crippen LogP contribution in [-0.2, 0) is 4.79 Å². The summed E-state index contributed by atoms with van der Waals surface area (Å²) >= 11 is 0. The van der Waals surface area contributed by atoms with Crippen LogP contribution in [0.4, 0.5) is 24.5 Å². The van der Waals surface area contributed by atoms with E-state index < -0.39 is 34.6 Å². The normalized spacial score (nSPS) is 26.2. The van der Waals surface area contributed by atoms with E-state index in [9.17, 15) is 27.9 Å². The summed E-state index contributed by atoms with van der Waals surface area (Å²) in [7, 11) is 0. The highest BCUT2D eigenvalue weighted by Crippen LogP contribution is 2.36. The second kappa shape index (κ2) is 9.17. The molecule has 1 aromatic carbocycles. The van der Waals surface area contributed by atoms with Crippen molar-refractivity contribution in [2.45, 2.75) is 70.7 Å². The minimum Gasteiger partial charge on any atom is -0.394 e. The van der Waals surface area contributed by atoms with E-state index in [0.717, 1.165) is 0 Å². The Kier molecular flexibility index (Phi) is 6.88. The van der Waals surface area contributed by atoms with Gasteiger partial charge in [-0.3, -0.25) is 9.59 Å². The first-order chi connectivity index (χ1) is 15.3. The number of carbonyl (C=O) groups excluding carboxylic acids is 2. The molecule has 2 aliphatic rings. The summed E-state index contributed by atoms with van der Waals surface area (Å²) in [4.78, 5) is 27.5. The van der Waals surface area contributed by atoms with E-state index in [0.29, 0.717) is 37.1 Å². The van der Waals surface area contributed by atoms with Crippen LogP contribution in [0.2, 0.25) is 0 Å². The molecule has 7 N–H and O–H groups in total. The number of rotatable bonds is 4. The molecule has 0 saturated heterocycles. The lowest BCUT2D eigenvalue weighted by molar-refractivity contribution is -0.355. The number of anilines is 1. The Labute approximate surface area is 190 Å². The average molecular weight is 468 g/mol. The first-order valence-electron chi connectivity index (χ1n) is 10.9. The molecular weight excluding hydrogens is 437 g/mol. The predicted octanol–water partition coefficient (Wildman–Crippen LogP) is 1.82. The molecule has 10 heteroatoms. The Morgan fingerprint density at radius 1 is 1.15 bits per heavy atom. The molecule has 1 amide bonds. The maximum absolute atomic E-state index is 13.4. The fraction of sp³-hybridized carbons (Fsp3) is 0.522. The number of hydrogen-bond acceptors (Lipinski definition) is 5. The average Bonchev–Trinajstić information content (AvgIpc) is 2.67. The molecule has 1 aromatic rings. The Balaban J connectivity index is 2.03. The molecule has 3 rings (SSSR count). The number of allylic oxidation sites excluding steroid dienone is 2. The van der Waals surface area contributed by atoms with E-state index in [2.05, 4.69) is 10.3 Å². The first-order valence-corrected chi connectivity index (χ1v) is 10.9. The third-order valence-corrected chi connectivity index (χ3v) is 6.09. The van der Waals surface area contributed by atoms with Gasteiger partial charge in [0.2, 0.25) is 5.69 Å². The molecule has 2 aliphatic carbocycles. The van der Waals surface area contributed by atoms with Gasteiger partial charge in [0.05, 0.1) is 17.4 Å². The van der Waals surface area contributed by atoms with Crippen molar-refractivity contribution in [2.75, 3.05) is 5.32 Å². The van der Waals surface area contributed by atoms with Gasteiger partial charge in [-0.05, 0) is 37.2 Å². The fourth-order valence-corrected chi connectivity index (χ4v) is 4.45. The number of alkyl halides is 3. The number of aliphatic hydroxyl groups excluding tert-OH is 1. The lowest BCUT2D eigenvalue weighted by Crippen LogP contribution is -2.69. The highest BCUT2D eigenvalue weighted by Gasteiger charge is 2.45. The Morgan fingerprint density at radius 2 is 1.79 bits per heavy atom. The minimum absolute atomic E-state index is 0.0147. The number of nitrogens with one attached hydrogen (secondary N) is 2. The Bertz CT molecular complexity index is 1010. The number of primary amides is 1. The van der Waals surface area contributed by atoms with Gasteiger partial charge >= 0.3 is 6.18 Å². The fourth-order valence-electron chi connectivity index (χ4n) is 4.45. The Morgan fingerprint density at radius 3 is 2.36 bits per heavy atom. The van der Waals surface area contributed by atoms with Crippen molar-refractivity contribution < 1.29 is 32.9 Å². The van der Waals surface area contributed by atoms with Crippen molar-refractivity contribution >= 4 is 28.8 Å². The molecule has 0 unspecified atom stereocenters. The molecule has 7 nitrogen and oxygen atoms in total. The quantitative estimate of drug-likeness (QED) is 0.431. The summed E-state index contributed by atoms with van der Waals surface area (Å²) in [5.41, 5.74) is 9.50. The van der Waals surface area contributed by atoms with Gasteiger partial charge in [-0.1, -0.05) is 13.8 Å². The van der Waals surface area contributed by atoms with Gasteiger partial charge in [0.25, 0.3) is 5.91 Å². The summed E-state index contributed by atoms with van der Waals surface area (Å²) in [6, 6.07) is 4.61. The smallest absolute Gasteiger partial charge is 0.394 e. The Hall–Kier alpha value is -2.88. The van der Waals surface area contributed by atoms with Crippen molar-refractivity contribution in [1.29, 1.82) is 0 Å². The maximum atomic E-state index is 13.4. The third kappa shape index (κ3) is 5.93. The van der Waals surface area contributed by atoms with Gasteiger partial charge in [-0.15, -0.1) is 0 Å². The highest BCUT2D eigenvalue weighted by molar-refractivity contribution is 6.23. The largest absolute Gasteiger partial charge is 0.431 e. The van der Waals surface area contributed by atoms with Crippen LogP contribution in [0.25, 0.3) is 0 Å². The summed E-state index contributed by atoms with van der Waals surface area (Å²) in [6.07, 6.45) is -2.40. The molecule has 0 spiro atoms. The van der Waals surface area contributed by atoms with E-state index >= 15 is 0 Å². The molecular formula is C23H30F3N4O3+. The molecule has 2 saturated carbocycles. The molecule has 180 valence electrons. The van der Waals surface area contributed by atoms with Crippen LogP contribution in [0.5, 0.6) is 0 Å². The van der Waals surface area contributed by atoms with Gasteiger partial charge < -0.3 is 21.9 Å². The highest BCUT2D eigenvalue weighted by atomic mass is 19.4. The SMILES string of the molecule is CC1(C)CC(=O)C(=C(N)C(F)(F)F)C(=[NH+]c2ccc(C(N)=O)c(NC3CCC(O)CC3)c2)C1. The lowest BCUT2D eigenvalue weighted by Gasteiger charge is -2.29. The molecule has 0 radical (unpaired) electrons. The standard InChI is InChI=1S/C23H29F3N4O3/c1-22(2)10-17(19(18(32)11-22)20(27)23(24,25)26)30-13-5-8-15(21(28)33)16(9-13)29-12-3-6-14(31)7-4-12/h5,8-9,12,14,29,31H,3-4,6-7,10-11,27H2,1-2H3,(H2,28,33)/p+1. The van der Waals surface area contributed by atoms with Crippen LogP contribution < -0.4 is 21.8 Å². The zero-order valence-corrected chi connectivity index (χ0v) is 18.7. The van der Waals surface area contributed by atoms with E-state index in [1.807, 2.05) is 0 Å². The maximum Gasteiger partial charge on any atom is 0.431 e. The van der Waals surface area contributed by atoms with Crippen molar-refractivity contribution in [2.24, 2.45) is 16.9 Å². The van der Waals surface area contributed by atoms with Gasteiger partial charge in [-0.2, -0.15) is 13.2 Å². The van der Waals surface area contributed by atoms with Gasteiger partial charge in [0, 0.05) is 31.0 Å². The van der Waals surface area contributed by atoms with E-state index in [-0.39, 0.29) is 36.3 Å². The van der Waals surface area contributed by atoms with E-state index in [4.69, 9.17) is 11.5 Å². The summed E-state index contributed by atoms with van der Waals surface area (Å²) in [5, 5.41) is 13.0. The van der Waals surface area contributed by atoms with Crippen LogP contribution in [0.15, 0.2) is 29.5 Å². The van der Waals surface area contributed by atoms with Crippen molar-refractivity contribution in [3.8, 4) is 0 Å². The molecule has 0 atom stereocenters. The minimum atomic E-state index is -4.84. The summed E-state index contributed by atoms with van der Waals surface area (Å²) in [5.74, 6) is -1.32.